The Labute approximate surface area is 149 Å². The molecule has 1 heterocycles. The standard InChI is InChI=1S/C20H14FN3O2/c21-17-7-5-15(6-8-17)19(25)16-9-18(23-12-16)20(26)24-11-14-3-1-13(10-22)2-4-14/h1-9,12,23H,11H2,(H,24,26). The van der Waals surface area contributed by atoms with Crippen LogP contribution in [0.3, 0.4) is 0 Å². The van der Waals surface area contributed by atoms with Gasteiger partial charge in [0, 0.05) is 23.9 Å². The van der Waals surface area contributed by atoms with Crippen molar-refractivity contribution in [3.8, 4) is 6.07 Å². The molecule has 0 aliphatic rings. The van der Waals surface area contributed by atoms with Crippen molar-refractivity contribution in [3.05, 3.63) is 94.6 Å². The van der Waals surface area contributed by atoms with Crippen molar-refractivity contribution >= 4 is 11.7 Å². The zero-order valence-corrected chi connectivity index (χ0v) is 13.6. The maximum atomic E-state index is 12.9. The van der Waals surface area contributed by atoms with E-state index < -0.39 is 5.82 Å². The monoisotopic (exact) mass is 347 g/mol. The first-order valence-electron chi connectivity index (χ1n) is 7.83. The first-order chi connectivity index (χ1) is 12.6. The predicted octanol–water partition coefficient (Wildman–Crippen LogP) is 3.19. The summed E-state index contributed by atoms with van der Waals surface area (Å²) >= 11 is 0. The first kappa shape index (κ1) is 17.1. The van der Waals surface area contributed by atoms with E-state index in [1.807, 2.05) is 6.07 Å². The van der Waals surface area contributed by atoms with Crippen LogP contribution in [0.25, 0.3) is 0 Å². The Hall–Kier alpha value is -3.72. The van der Waals surface area contributed by atoms with Crippen molar-refractivity contribution in [2.75, 3.05) is 0 Å². The van der Waals surface area contributed by atoms with Gasteiger partial charge in [-0.3, -0.25) is 9.59 Å². The highest BCUT2D eigenvalue weighted by molar-refractivity contribution is 6.10. The number of carbonyl (C=O) groups is 2. The lowest BCUT2D eigenvalue weighted by atomic mass is 10.1. The van der Waals surface area contributed by atoms with Crippen molar-refractivity contribution in [2.24, 2.45) is 0 Å². The van der Waals surface area contributed by atoms with Crippen LogP contribution in [0.5, 0.6) is 0 Å². The van der Waals surface area contributed by atoms with Crippen molar-refractivity contribution in [1.82, 2.24) is 10.3 Å². The number of nitrogens with zero attached hydrogens (tertiary/aromatic N) is 1. The highest BCUT2D eigenvalue weighted by Crippen LogP contribution is 2.12. The Morgan fingerprint density at radius 1 is 1.04 bits per heavy atom. The molecule has 0 saturated heterocycles. The normalized spacial score (nSPS) is 10.2. The molecule has 0 fully saturated rings. The van der Waals surface area contributed by atoms with Crippen LogP contribution in [-0.4, -0.2) is 16.7 Å². The van der Waals surface area contributed by atoms with Crippen LogP contribution < -0.4 is 5.32 Å². The minimum Gasteiger partial charge on any atom is -0.356 e. The van der Waals surface area contributed by atoms with Gasteiger partial charge in [0.15, 0.2) is 5.78 Å². The summed E-state index contributed by atoms with van der Waals surface area (Å²) in [5, 5.41) is 11.5. The van der Waals surface area contributed by atoms with Crippen LogP contribution >= 0.6 is 0 Å². The molecule has 0 bridgehead atoms. The summed E-state index contributed by atoms with van der Waals surface area (Å²) in [4.78, 5) is 27.3. The maximum absolute atomic E-state index is 12.9. The number of aromatic amines is 1. The van der Waals surface area contributed by atoms with E-state index in [9.17, 15) is 14.0 Å². The van der Waals surface area contributed by atoms with Gasteiger partial charge >= 0.3 is 0 Å². The maximum Gasteiger partial charge on any atom is 0.267 e. The predicted molar refractivity (Wildman–Crippen MR) is 93.0 cm³/mol. The third-order valence-electron chi connectivity index (χ3n) is 3.83. The summed E-state index contributed by atoms with van der Waals surface area (Å²) < 4.78 is 12.9. The largest absolute Gasteiger partial charge is 0.356 e. The Morgan fingerprint density at radius 3 is 2.38 bits per heavy atom. The van der Waals surface area contributed by atoms with E-state index in [4.69, 9.17) is 5.26 Å². The first-order valence-corrected chi connectivity index (χ1v) is 7.83. The summed E-state index contributed by atoms with van der Waals surface area (Å²) in [7, 11) is 0. The van der Waals surface area contributed by atoms with Gasteiger partial charge < -0.3 is 10.3 Å². The van der Waals surface area contributed by atoms with E-state index in [1.54, 1.807) is 24.3 Å². The molecular formula is C20H14FN3O2. The number of carbonyl (C=O) groups excluding carboxylic acids is 2. The molecule has 2 N–H and O–H groups in total. The molecule has 6 heteroatoms. The van der Waals surface area contributed by atoms with E-state index in [2.05, 4.69) is 10.3 Å². The van der Waals surface area contributed by atoms with Crippen LogP contribution in [0, 0.1) is 17.1 Å². The molecule has 3 aromatic rings. The average Bonchev–Trinajstić information content (AvgIpc) is 3.17. The molecule has 1 aromatic heterocycles. The molecule has 0 aliphatic carbocycles. The van der Waals surface area contributed by atoms with E-state index >= 15 is 0 Å². The minimum absolute atomic E-state index is 0.254. The lowest BCUT2D eigenvalue weighted by Crippen LogP contribution is -2.23. The number of amides is 1. The Morgan fingerprint density at radius 2 is 1.73 bits per heavy atom. The number of halogens is 1. The Kier molecular flexibility index (Phi) is 4.90. The fourth-order valence-electron chi connectivity index (χ4n) is 2.40. The fourth-order valence-corrected chi connectivity index (χ4v) is 2.40. The quantitative estimate of drug-likeness (QED) is 0.695. The second-order valence-corrected chi connectivity index (χ2v) is 5.63. The second-order valence-electron chi connectivity index (χ2n) is 5.63. The molecule has 0 saturated carbocycles. The number of ketones is 1. The summed E-state index contributed by atoms with van der Waals surface area (Å²) in [5.74, 6) is -1.07. The van der Waals surface area contributed by atoms with E-state index in [0.717, 1.165) is 5.56 Å². The molecule has 0 spiro atoms. The van der Waals surface area contributed by atoms with Crippen LogP contribution in [0.2, 0.25) is 0 Å². The third kappa shape index (κ3) is 3.84. The molecule has 0 radical (unpaired) electrons. The van der Waals surface area contributed by atoms with E-state index in [-0.39, 0.29) is 17.4 Å². The van der Waals surface area contributed by atoms with Crippen LogP contribution in [0.15, 0.2) is 60.8 Å². The molecule has 1 amide bonds. The zero-order valence-electron chi connectivity index (χ0n) is 13.6. The highest BCUT2D eigenvalue weighted by atomic mass is 19.1. The average molecular weight is 347 g/mol. The number of H-pyrrole nitrogens is 1. The zero-order chi connectivity index (χ0) is 18.5. The molecule has 5 nitrogen and oxygen atoms in total. The molecular weight excluding hydrogens is 333 g/mol. The summed E-state index contributed by atoms with van der Waals surface area (Å²) in [5.41, 5.74) is 2.32. The summed E-state index contributed by atoms with van der Waals surface area (Å²) in [6.07, 6.45) is 1.45. The number of nitriles is 1. The fraction of sp³-hybridized carbons (Fsp3) is 0.0500. The summed E-state index contributed by atoms with van der Waals surface area (Å²) in [6, 6.07) is 15.6. The lowest BCUT2D eigenvalue weighted by molar-refractivity contribution is 0.0946. The molecule has 0 aliphatic heterocycles. The minimum atomic E-state index is -0.418. The van der Waals surface area contributed by atoms with Gasteiger partial charge in [-0.25, -0.2) is 4.39 Å². The van der Waals surface area contributed by atoms with Gasteiger partial charge in [0.05, 0.1) is 11.6 Å². The molecule has 3 rings (SSSR count). The van der Waals surface area contributed by atoms with Crippen LogP contribution in [-0.2, 0) is 6.54 Å². The molecule has 0 atom stereocenters. The van der Waals surface area contributed by atoms with Crippen LogP contribution in [0.1, 0.15) is 37.5 Å². The SMILES string of the molecule is N#Cc1ccc(CNC(=O)c2cc(C(=O)c3ccc(F)cc3)c[nH]2)cc1. The molecule has 128 valence electrons. The number of aromatic nitrogens is 1. The van der Waals surface area contributed by atoms with Crippen molar-refractivity contribution < 1.29 is 14.0 Å². The lowest BCUT2D eigenvalue weighted by Gasteiger charge is -2.04. The highest BCUT2D eigenvalue weighted by Gasteiger charge is 2.14. The second kappa shape index (κ2) is 7.45. The van der Waals surface area contributed by atoms with E-state index in [1.165, 1.54) is 36.5 Å². The number of hydrogen-bond acceptors (Lipinski definition) is 3. The van der Waals surface area contributed by atoms with Gasteiger partial charge in [-0.15, -0.1) is 0 Å². The van der Waals surface area contributed by atoms with Gasteiger partial charge in [0.25, 0.3) is 5.91 Å². The number of rotatable bonds is 5. The van der Waals surface area contributed by atoms with Gasteiger partial charge in [0.2, 0.25) is 0 Å². The number of hydrogen-bond donors (Lipinski definition) is 2. The molecule has 26 heavy (non-hydrogen) atoms. The Balaban J connectivity index is 1.64. The van der Waals surface area contributed by atoms with Crippen molar-refractivity contribution in [3.63, 3.8) is 0 Å². The Bertz CT molecular complexity index is 983. The summed E-state index contributed by atoms with van der Waals surface area (Å²) in [6.45, 7) is 0.296. The van der Waals surface area contributed by atoms with Gasteiger partial charge in [-0.2, -0.15) is 5.26 Å². The van der Waals surface area contributed by atoms with Gasteiger partial charge in [0.1, 0.15) is 11.5 Å². The smallest absolute Gasteiger partial charge is 0.267 e. The van der Waals surface area contributed by atoms with Crippen molar-refractivity contribution in [2.45, 2.75) is 6.54 Å². The van der Waals surface area contributed by atoms with Gasteiger partial charge in [-0.05, 0) is 48.0 Å². The van der Waals surface area contributed by atoms with Gasteiger partial charge in [-0.1, -0.05) is 12.1 Å². The number of nitrogens with one attached hydrogen (secondary N) is 2. The van der Waals surface area contributed by atoms with E-state index in [0.29, 0.717) is 23.2 Å². The van der Waals surface area contributed by atoms with Crippen LogP contribution in [0.4, 0.5) is 4.39 Å². The topological polar surface area (TPSA) is 85.8 Å². The number of benzene rings is 2. The molecule has 2 aromatic carbocycles. The molecule has 0 unspecified atom stereocenters. The van der Waals surface area contributed by atoms with Crippen molar-refractivity contribution in [1.29, 1.82) is 5.26 Å². The third-order valence-corrected chi connectivity index (χ3v) is 3.83.